The van der Waals surface area contributed by atoms with Crippen LogP contribution in [0.25, 0.3) is 0 Å². The fraction of sp³-hybridized carbons (Fsp3) is 1.00. The highest BCUT2D eigenvalue weighted by Gasteiger charge is 2.38. The Morgan fingerprint density at radius 2 is 1.82 bits per heavy atom. The van der Waals surface area contributed by atoms with Crippen molar-refractivity contribution in [1.29, 1.82) is 0 Å². The van der Waals surface area contributed by atoms with Crippen LogP contribution in [0.4, 0.5) is 0 Å². The third-order valence-electron chi connectivity index (χ3n) is 4.71. The lowest BCUT2D eigenvalue weighted by atomic mass is 9.83. The molecule has 0 amide bonds. The largest absolute Gasteiger partial charge is 0.381 e. The Balaban J connectivity index is 1.99. The van der Waals surface area contributed by atoms with E-state index in [1.165, 1.54) is 38.8 Å². The van der Waals surface area contributed by atoms with E-state index in [1.54, 1.807) is 0 Å². The molecule has 2 heterocycles. The van der Waals surface area contributed by atoms with Crippen LogP contribution in [-0.4, -0.2) is 42.8 Å². The molecule has 0 aliphatic carbocycles. The second-order valence-electron chi connectivity index (χ2n) is 6.20. The van der Waals surface area contributed by atoms with Gasteiger partial charge < -0.3 is 10.5 Å². The van der Waals surface area contributed by atoms with Gasteiger partial charge in [0.2, 0.25) is 0 Å². The summed E-state index contributed by atoms with van der Waals surface area (Å²) >= 11 is 0. The summed E-state index contributed by atoms with van der Waals surface area (Å²) in [6.45, 7) is 8.83. The zero-order chi connectivity index (χ0) is 12.3. The van der Waals surface area contributed by atoms with Crippen molar-refractivity contribution in [3.8, 4) is 0 Å². The zero-order valence-corrected chi connectivity index (χ0v) is 11.5. The van der Waals surface area contributed by atoms with Crippen molar-refractivity contribution in [2.45, 2.75) is 57.5 Å². The summed E-state index contributed by atoms with van der Waals surface area (Å²) in [6.07, 6.45) is 6.57. The molecule has 2 aliphatic rings. The van der Waals surface area contributed by atoms with Gasteiger partial charge in [-0.3, -0.25) is 4.90 Å². The molecular weight excluding hydrogens is 212 g/mol. The summed E-state index contributed by atoms with van der Waals surface area (Å²) < 4.78 is 5.49. The number of nitrogens with zero attached hydrogens (tertiary/aromatic N) is 1. The van der Waals surface area contributed by atoms with Gasteiger partial charge in [0.1, 0.15) is 0 Å². The molecule has 100 valence electrons. The Kier molecular flexibility index (Phi) is 4.45. The van der Waals surface area contributed by atoms with Gasteiger partial charge in [-0.15, -0.1) is 0 Å². The Labute approximate surface area is 106 Å². The molecule has 2 atom stereocenters. The lowest BCUT2D eigenvalue weighted by Gasteiger charge is -2.44. The first-order valence-corrected chi connectivity index (χ1v) is 7.21. The highest BCUT2D eigenvalue weighted by atomic mass is 16.5. The van der Waals surface area contributed by atoms with Crippen molar-refractivity contribution < 1.29 is 4.74 Å². The fourth-order valence-corrected chi connectivity index (χ4v) is 3.27. The van der Waals surface area contributed by atoms with Gasteiger partial charge >= 0.3 is 0 Å². The Morgan fingerprint density at radius 1 is 1.18 bits per heavy atom. The molecular formula is C14H28N2O. The molecule has 3 nitrogen and oxygen atoms in total. The van der Waals surface area contributed by atoms with Gasteiger partial charge in [-0.2, -0.15) is 0 Å². The quantitative estimate of drug-likeness (QED) is 0.820. The van der Waals surface area contributed by atoms with Gasteiger partial charge in [0.25, 0.3) is 0 Å². The average Bonchev–Trinajstić information content (AvgIpc) is 2.69. The van der Waals surface area contributed by atoms with E-state index < -0.39 is 0 Å². The van der Waals surface area contributed by atoms with Crippen LogP contribution in [0.3, 0.4) is 0 Å². The molecule has 2 aliphatic heterocycles. The van der Waals surface area contributed by atoms with Crippen LogP contribution in [-0.2, 0) is 4.74 Å². The molecule has 2 fully saturated rings. The number of rotatable bonds is 3. The molecule has 3 heteroatoms. The molecule has 0 saturated carbocycles. The number of likely N-dealkylation sites (tertiary alicyclic amines) is 1. The molecule has 0 aromatic rings. The van der Waals surface area contributed by atoms with Crippen LogP contribution >= 0.6 is 0 Å². The van der Waals surface area contributed by atoms with Gasteiger partial charge in [0.15, 0.2) is 0 Å². The molecule has 2 N–H and O–H groups in total. The maximum absolute atomic E-state index is 6.52. The first-order valence-electron chi connectivity index (χ1n) is 7.21. The molecule has 2 saturated heterocycles. The first-order chi connectivity index (χ1) is 8.12. The minimum atomic E-state index is 0.114. The monoisotopic (exact) mass is 240 g/mol. The van der Waals surface area contributed by atoms with Crippen LogP contribution < -0.4 is 5.73 Å². The van der Waals surface area contributed by atoms with E-state index in [0.717, 1.165) is 19.6 Å². The number of hydrogen-bond acceptors (Lipinski definition) is 3. The third-order valence-corrected chi connectivity index (χ3v) is 4.71. The van der Waals surface area contributed by atoms with E-state index in [1.807, 2.05) is 0 Å². The normalized spacial score (nSPS) is 30.2. The van der Waals surface area contributed by atoms with Crippen LogP contribution in [0.1, 0.15) is 46.0 Å². The Morgan fingerprint density at radius 3 is 2.35 bits per heavy atom. The maximum atomic E-state index is 6.52. The topological polar surface area (TPSA) is 38.5 Å². The summed E-state index contributed by atoms with van der Waals surface area (Å²) in [5.41, 5.74) is 6.63. The summed E-state index contributed by atoms with van der Waals surface area (Å²) in [5, 5.41) is 0. The highest BCUT2D eigenvalue weighted by molar-refractivity contribution is 4.96. The lowest BCUT2D eigenvalue weighted by Crippen LogP contribution is -2.59. The fourth-order valence-electron chi connectivity index (χ4n) is 3.27. The molecule has 2 unspecified atom stereocenters. The standard InChI is InChI=1S/C14H28N2O/c1-14(2,13(15)12-7-10-17-11-12)16-8-5-3-4-6-9-16/h12-13H,3-11,15H2,1-2H3. The minimum absolute atomic E-state index is 0.114. The van der Waals surface area contributed by atoms with Gasteiger partial charge in [-0.25, -0.2) is 0 Å². The van der Waals surface area contributed by atoms with Crippen LogP contribution in [0.15, 0.2) is 0 Å². The highest BCUT2D eigenvalue weighted by Crippen LogP contribution is 2.29. The number of hydrogen-bond donors (Lipinski definition) is 1. The van der Waals surface area contributed by atoms with E-state index in [4.69, 9.17) is 10.5 Å². The maximum Gasteiger partial charge on any atom is 0.0510 e. The molecule has 2 rings (SSSR count). The molecule has 0 aromatic carbocycles. The van der Waals surface area contributed by atoms with Crippen molar-refractivity contribution in [2.24, 2.45) is 11.7 Å². The van der Waals surface area contributed by atoms with Crippen LogP contribution in [0.2, 0.25) is 0 Å². The Bertz CT molecular complexity index is 224. The zero-order valence-electron chi connectivity index (χ0n) is 11.5. The van der Waals surface area contributed by atoms with E-state index in [2.05, 4.69) is 18.7 Å². The number of ether oxygens (including phenoxy) is 1. The summed E-state index contributed by atoms with van der Waals surface area (Å²) in [7, 11) is 0. The Hall–Kier alpha value is -0.120. The molecule has 17 heavy (non-hydrogen) atoms. The summed E-state index contributed by atoms with van der Waals surface area (Å²) in [5.74, 6) is 0.549. The average molecular weight is 240 g/mol. The second-order valence-corrected chi connectivity index (χ2v) is 6.20. The van der Waals surface area contributed by atoms with Crippen molar-refractivity contribution in [2.75, 3.05) is 26.3 Å². The van der Waals surface area contributed by atoms with Crippen molar-refractivity contribution >= 4 is 0 Å². The molecule has 0 radical (unpaired) electrons. The van der Waals surface area contributed by atoms with E-state index in [0.29, 0.717) is 5.92 Å². The van der Waals surface area contributed by atoms with Gasteiger partial charge in [0.05, 0.1) is 6.61 Å². The van der Waals surface area contributed by atoms with Crippen LogP contribution in [0, 0.1) is 5.92 Å². The second kappa shape index (κ2) is 5.68. The van der Waals surface area contributed by atoms with Gasteiger partial charge in [-0.05, 0) is 46.2 Å². The van der Waals surface area contributed by atoms with Crippen LogP contribution in [0.5, 0.6) is 0 Å². The van der Waals surface area contributed by atoms with E-state index in [9.17, 15) is 0 Å². The van der Waals surface area contributed by atoms with E-state index >= 15 is 0 Å². The predicted molar refractivity (Wildman–Crippen MR) is 71.0 cm³/mol. The number of nitrogens with two attached hydrogens (primary N) is 1. The van der Waals surface area contributed by atoms with Crippen molar-refractivity contribution in [3.63, 3.8) is 0 Å². The minimum Gasteiger partial charge on any atom is -0.381 e. The predicted octanol–water partition coefficient (Wildman–Crippen LogP) is 2.00. The van der Waals surface area contributed by atoms with E-state index in [-0.39, 0.29) is 11.6 Å². The summed E-state index contributed by atoms with van der Waals surface area (Å²) in [6, 6.07) is 0.239. The molecule has 0 aromatic heterocycles. The van der Waals surface area contributed by atoms with Gasteiger partial charge in [0, 0.05) is 24.1 Å². The molecule has 0 spiro atoms. The third kappa shape index (κ3) is 3.01. The lowest BCUT2D eigenvalue weighted by molar-refractivity contribution is 0.0701. The molecule has 0 bridgehead atoms. The summed E-state index contributed by atoms with van der Waals surface area (Å²) in [4.78, 5) is 2.61. The van der Waals surface area contributed by atoms with Gasteiger partial charge in [-0.1, -0.05) is 12.8 Å². The smallest absolute Gasteiger partial charge is 0.0510 e. The van der Waals surface area contributed by atoms with Crippen molar-refractivity contribution in [1.82, 2.24) is 4.90 Å². The van der Waals surface area contributed by atoms with Crippen molar-refractivity contribution in [3.05, 3.63) is 0 Å². The first kappa shape index (κ1) is 13.3. The SMILES string of the molecule is CC(C)(C(N)C1CCOC1)N1CCCCCC1.